The summed E-state index contributed by atoms with van der Waals surface area (Å²) >= 11 is 0. The van der Waals surface area contributed by atoms with Gasteiger partial charge in [-0.2, -0.15) is 0 Å². The van der Waals surface area contributed by atoms with Gasteiger partial charge in [0, 0.05) is 30.5 Å². The molecule has 0 aliphatic carbocycles. The van der Waals surface area contributed by atoms with Gasteiger partial charge in [-0.05, 0) is 37.6 Å². The van der Waals surface area contributed by atoms with Crippen LogP contribution in [-0.4, -0.2) is 12.0 Å². The molecule has 0 fully saturated rings. The highest BCUT2D eigenvalue weighted by Crippen LogP contribution is 2.27. The summed E-state index contributed by atoms with van der Waals surface area (Å²) in [6.45, 7) is 4.06. The van der Waals surface area contributed by atoms with E-state index >= 15 is 0 Å². The Labute approximate surface area is 108 Å². The molecule has 0 spiro atoms. The standard InChI is InChI=1S/C15H19N3/c1-11-6-4-7-13(10-11)18(3)15-14(12(2)16)8-5-9-17-15/h4-10,12H,16H2,1-3H3. The molecule has 2 rings (SSSR count). The minimum atomic E-state index is -0.0269. The molecule has 1 heterocycles. The average Bonchev–Trinajstić information content (AvgIpc) is 2.38. The summed E-state index contributed by atoms with van der Waals surface area (Å²) in [6, 6.07) is 12.3. The lowest BCUT2D eigenvalue weighted by atomic mass is 10.1. The number of pyridine rings is 1. The van der Waals surface area contributed by atoms with Crippen molar-refractivity contribution in [2.75, 3.05) is 11.9 Å². The Hall–Kier alpha value is -1.87. The van der Waals surface area contributed by atoms with Crippen LogP contribution in [0.5, 0.6) is 0 Å². The predicted octanol–water partition coefficient (Wildman–Crippen LogP) is 3.18. The minimum Gasteiger partial charge on any atom is -0.329 e. The van der Waals surface area contributed by atoms with E-state index in [1.54, 1.807) is 6.20 Å². The highest BCUT2D eigenvalue weighted by Gasteiger charge is 2.12. The highest BCUT2D eigenvalue weighted by atomic mass is 15.2. The van der Waals surface area contributed by atoms with Crippen molar-refractivity contribution in [2.24, 2.45) is 5.73 Å². The van der Waals surface area contributed by atoms with Gasteiger partial charge in [0.05, 0.1) is 0 Å². The smallest absolute Gasteiger partial charge is 0.137 e. The van der Waals surface area contributed by atoms with E-state index in [0.29, 0.717) is 0 Å². The zero-order valence-corrected chi connectivity index (χ0v) is 11.1. The molecule has 0 saturated carbocycles. The Balaban J connectivity index is 2.43. The maximum Gasteiger partial charge on any atom is 0.137 e. The van der Waals surface area contributed by atoms with Crippen LogP contribution in [0.2, 0.25) is 0 Å². The summed E-state index contributed by atoms with van der Waals surface area (Å²) in [7, 11) is 2.02. The summed E-state index contributed by atoms with van der Waals surface area (Å²) < 4.78 is 0. The van der Waals surface area contributed by atoms with Gasteiger partial charge >= 0.3 is 0 Å². The average molecular weight is 241 g/mol. The van der Waals surface area contributed by atoms with Crippen LogP contribution in [0.25, 0.3) is 0 Å². The lowest BCUT2D eigenvalue weighted by molar-refractivity contribution is 0.807. The number of anilines is 2. The van der Waals surface area contributed by atoms with Crippen molar-refractivity contribution >= 4 is 11.5 Å². The molecule has 0 aliphatic rings. The third-order valence-corrected chi connectivity index (χ3v) is 3.01. The first kappa shape index (κ1) is 12.6. The fourth-order valence-electron chi connectivity index (χ4n) is 2.00. The first-order valence-electron chi connectivity index (χ1n) is 6.10. The molecule has 0 saturated heterocycles. The Bertz CT molecular complexity index is 535. The minimum absolute atomic E-state index is 0.0269. The van der Waals surface area contributed by atoms with Crippen molar-refractivity contribution in [3.8, 4) is 0 Å². The first-order valence-corrected chi connectivity index (χ1v) is 6.10. The number of aromatic nitrogens is 1. The van der Waals surface area contributed by atoms with Crippen LogP contribution in [0.4, 0.5) is 11.5 Å². The van der Waals surface area contributed by atoms with Crippen molar-refractivity contribution < 1.29 is 0 Å². The van der Waals surface area contributed by atoms with Gasteiger partial charge in [0.1, 0.15) is 5.82 Å². The second-order valence-corrected chi connectivity index (χ2v) is 4.60. The lowest BCUT2D eigenvalue weighted by Crippen LogP contribution is -2.17. The van der Waals surface area contributed by atoms with E-state index in [4.69, 9.17) is 5.73 Å². The molecule has 3 heteroatoms. The predicted molar refractivity (Wildman–Crippen MR) is 76.1 cm³/mol. The Morgan fingerprint density at radius 3 is 2.67 bits per heavy atom. The van der Waals surface area contributed by atoms with Crippen molar-refractivity contribution in [3.05, 3.63) is 53.7 Å². The van der Waals surface area contributed by atoms with Gasteiger partial charge in [-0.15, -0.1) is 0 Å². The molecule has 1 unspecified atom stereocenters. The molecule has 2 aromatic rings. The molecule has 1 aromatic heterocycles. The highest BCUT2D eigenvalue weighted by molar-refractivity contribution is 5.63. The maximum absolute atomic E-state index is 5.99. The number of hydrogen-bond donors (Lipinski definition) is 1. The van der Waals surface area contributed by atoms with Gasteiger partial charge in [0.15, 0.2) is 0 Å². The van der Waals surface area contributed by atoms with Crippen molar-refractivity contribution in [3.63, 3.8) is 0 Å². The monoisotopic (exact) mass is 241 g/mol. The van der Waals surface area contributed by atoms with Crippen LogP contribution in [0.3, 0.4) is 0 Å². The molecule has 18 heavy (non-hydrogen) atoms. The fraction of sp³-hybridized carbons (Fsp3) is 0.267. The number of hydrogen-bond acceptors (Lipinski definition) is 3. The van der Waals surface area contributed by atoms with E-state index in [0.717, 1.165) is 17.1 Å². The van der Waals surface area contributed by atoms with Gasteiger partial charge in [-0.1, -0.05) is 18.2 Å². The molecule has 2 N–H and O–H groups in total. The van der Waals surface area contributed by atoms with Crippen molar-refractivity contribution in [1.29, 1.82) is 0 Å². The summed E-state index contributed by atoms with van der Waals surface area (Å²) in [6.07, 6.45) is 1.80. The second-order valence-electron chi connectivity index (χ2n) is 4.60. The largest absolute Gasteiger partial charge is 0.329 e. The third kappa shape index (κ3) is 2.51. The zero-order valence-electron chi connectivity index (χ0n) is 11.1. The SMILES string of the molecule is Cc1cccc(N(C)c2ncccc2C(C)N)c1. The number of nitrogens with zero attached hydrogens (tertiary/aromatic N) is 2. The third-order valence-electron chi connectivity index (χ3n) is 3.01. The summed E-state index contributed by atoms with van der Waals surface area (Å²) in [5.41, 5.74) is 9.41. The number of benzene rings is 1. The zero-order chi connectivity index (χ0) is 13.1. The van der Waals surface area contributed by atoms with Crippen LogP contribution < -0.4 is 10.6 Å². The molecule has 1 aromatic carbocycles. The fourth-order valence-corrected chi connectivity index (χ4v) is 2.00. The molecule has 0 radical (unpaired) electrons. The summed E-state index contributed by atoms with van der Waals surface area (Å²) in [5.74, 6) is 0.915. The topological polar surface area (TPSA) is 42.2 Å². The number of aryl methyl sites for hydroxylation is 1. The van der Waals surface area contributed by atoms with Gasteiger partial charge in [0.2, 0.25) is 0 Å². The van der Waals surface area contributed by atoms with Crippen molar-refractivity contribution in [1.82, 2.24) is 4.98 Å². The molecule has 1 atom stereocenters. The first-order chi connectivity index (χ1) is 8.59. The molecule has 0 aliphatic heterocycles. The van der Waals surface area contributed by atoms with Gasteiger partial charge in [0.25, 0.3) is 0 Å². The van der Waals surface area contributed by atoms with E-state index in [2.05, 4.69) is 41.1 Å². The second kappa shape index (κ2) is 5.19. The Morgan fingerprint density at radius 2 is 2.00 bits per heavy atom. The van der Waals surface area contributed by atoms with E-state index in [-0.39, 0.29) is 6.04 Å². The number of rotatable bonds is 3. The quantitative estimate of drug-likeness (QED) is 0.897. The molecular formula is C15H19N3. The Kier molecular flexibility index (Phi) is 3.63. The molecular weight excluding hydrogens is 222 g/mol. The molecule has 94 valence electrons. The van der Waals surface area contributed by atoms with Crippen LogP contribution >= 0.6 is 0 Å². The molecule has 0 bridgehead atoms. The van der Waals surface area contributed by atoms with E-state index < -0.39 is 0 Å². The maximum atomic E-state index is 5.99. The van der Waals surface area contributed by atoms with Crippen molar-refractivity contribution in [2.45, 2.75) is 19.9 Å². The summed E-state index contributed by atoms with van der Waals surface area (Å²) in [5, 5.41) is 0. The number of nitrogens with two attached hydrogens (primary N) is 1. The van der Waals surface area contributed by atoms with Crippen LogP contribution in [-0.2, 0) is 0 Å². The van der Waals surface area contributed by atoms with Crippen LogP contribution in [0, 0.1) is 6.92 Å². The van der Waals surface area contributed by atoms with Crippen LogP contribution in [0.1, 0.15) is 24.1 Å². The van der Waals surface area contributed by atoms with E-state index in [9.17, 15) is 0 Å². The van der Waals surface area contributed by atoms with Crippen LogP contribution in [0.15, 0.2) is 42.6 Å². The normalized spacial score (nSPS) is 12.2. The van der Waals surface area contributed by atoms with Gasteiger partial charge < -0.3 is 10.6 Å². The molecule has 0 amide bonds. The van der Waals surface area contributed by atoms with E-state index in [1.165, 1.54) is 5.56 Å². The van der Waals surface area contributed by atoms with Gasteiger partial charge in [-0.25, -0.2) is 4.98 Å². The molecule has 3 nitrogen and oxygen atoms in total. The summed E-state index contributed by atoms with van der Waals surface area (Å²) in [4.78, 5) is 6.53. The van der Waals surface area contributed by atoms with Gasteiger partial charge in [-0.3, -0.25) is 0 Å². The Morgan fingerprint density at radius 1 is 1.22 bits per heavy atom. The lowest BCUT2D eigenvalue weighted by Gasteiger charge is -2.22. The van der Waals surface area contributed by atoms with E-state index in [1.807, 2.05) is 26.1 Å².